The fourth-order valence-electron chi connectivity index (χ4n) is 3.35. The molecule has 0 saturated heterocycles. The van der Waals surface area contributed by atoms with Crippen LogP contribution in [0.2, 0.25) is 10.0 Å². The highest BCUT2D eigenvalue weighted by Crippen LogP contribution is 2.38. The second kappa shape index (κ2) is 8.99. The zero-order chi connectivity index (χ0) is 22.0. The molecule has 0 radical (unpaired) electrons. The van der Waals surface area contributed by atoms with Crippen LogP contribution in [0.5, 0.6) is 11.5 Å². The lowest BCUT2D eigenvalue weighted by atomic mass is 9.89. The molecular weight excluding hydrogens is 439 g/mol. The van der Waals surface area contributed by atoms with Gasteiger partial charge in [0, 0.05) is 36.0 Å². The molecule has 2 N–H and O–H groups in total. The molecule has 31 heavy (non-hydrogen) atoms. The second-order valence-electron chi connectivity index (χ2n) is 7.12. The first kappa shape index (κ1) is 21.2. The Morgan fingerprint density at radius 2 is 1.97 bits per heavy atom. The van der Waals surface area contributed by atoms with Crippen LogP contribution in [-0.2, 0) is 4.79 Å². The van der Waals surface area contributed by atoms with Crippen LogP contribution in [0.15, 0.2) is 49.3 Å². The van der Waals surface area contributed by atoms with E-state index in [4.69, 9.17) is 32.7 Å². The van der Waals surface area contributed by atoms with Crippen molar-refractivity contribution in [1.82, 2.24) is 15.3 Å². The van der Waals surface area contributed by atoms with Gasteiger partial charge in [-0.05, 0) is 30.3 Å². The number of benzene rings is 2. The maximum Gasteiger partial charge on any atom is 0.243 e. The molecule has 0 aliphatic heterocycles. The molecule has 1 heterocycles. The first-order valence-electron chi connectivity index (χ1n) is 9.61. The van der Waals surface area contributed by atoms with Gasteiger partial charge in [0.1, 0.15) is 18.2 Å². The van der Waals surface area contributed by atoms with Crippen molar-refractivity contribution in [1.29, 1.82) is 0 Å². The van der Waals surface area contributed by atoms with Crippen LogP contribution in [0.4, 0.5) is 11.5 Å². The number of rotatable bonds is 7. The van der Waals surface area contributed by atoms with E-state index >= 15 is 0 Å². The molecule has 7 nitrogen and oxygen atoms in total. The molecule has 1 aromatic heterocycles. The van der Waals surface area contributed by atoms with Crippen LogP contribution >= 0.6 is 23.2 Å². The Morgan fingerprint density at radius 1 is 1.16 bits per heavy atom. The van der Waals surface area contributed by atoms with Crippen LogP contribution < -0.4 is 20.1 Å². The van der Waals surface area contributed by atoms with E-state index in [1.807, 2.05) is 18.2 Å². The number of carbonyl (C=O) groups is 1. The van der Waals surface area contributed by atoms with Gasteiger partial charge in [-0.25, -0.2) is 9.97 Å². The Balaban J connectivity index is 1.58. The van der Waals surface area contributed by atoms with Gasteiger partial charge in [-0.2, -0.15) is 0 Å². The Labute approximate surface area is 189 Å². The van der Waals surface area contributed by atoms with Gasteiger partial charge in [-0.1, -0.05) is 29.8 Å². The third-order valence-electron chi connectivity index (χ3n) is 5.02. The number of anilines is 2. The van der Waals surface area contributed by atoms with Crippen LogP contribution in [0.25, 0.3) is 10.9 Å². The topological polar surface area (TPSA) is 85.4 Å². The number of aromatic nitrogens is 2. The zero-order valence-corrected chi connectivity index (χ0v) is 18.2. The molecule has 3 aromatic rings. The standard InChI is InChI=1S/C22H20Cl2N4O3/c1-3-21(29)27-13-6-14(7-13)31-20-9-15-18(10-19(20)30-2)25-11-26-22(15)28-12-4-5-16(23)17(24)8-12/h3-5,8-11,13-14H,1,6-7H2,2H3,(H,27,29)(H,25,26,28). The highest BCUT2D eigenvalue weighted by molar-refractivity contribution is 6.42. The van der Waals surface area contributed by atoms with Crippen LogP contribution in [0.1, 0.15) is 12.8 Å². The summed E-state index contributed by atoms with van der Waals surface area (Å²) in [5.41, 5.74) is 1.44. The van der Waals surface area contributed by atoms with E-state index in [9.17, 15) is 4.79 Å². The van der Waals surface area contributed by atoms with Gasteiger partial charge in [0.25, 0.3) is 0 Å². The number of halogens is 2. The molecule has 1 aliphatic carbocycles. The number of amides is 1. The summed E-state index contributed by atoms with van der Waals surface area (Å²) < 4.78 is 11.6. The van der Waals surface area contributed by atoms with Crippen LogP contribution in [-0.4, -0.2) is 35.1 Å². The Kier molecular flexibility index (Phi) is 6.15. The van der Waals surface area contributed by atoms with E-state index in [1.165, 1.54) is 12.4 Å². The molecule has 9 heteroatoms. The number of carbonyl (C=O) groups excluding carboxylic acids is 1. The van der Waals surface area contributed by atoms with Crippen molar-refractivity contribution in [3.05, 3.63) is 59.4 Å². The van der Waals surface area contributed by atoms with Gasteiger partial charge in [0.15, 0.2) is 11.5 Å². The summed E-state index contributed by atoms with van der Waals surface area (Å²) in [5, 5.41) is 7.80. The first-order valence-corrected chi connectivity index (χ1v) is 10.4. The monoisotopic (exact) mass is 458 g/mol. The molecule has 1 saturated carbocycles. The molecule has 4 rings (SSSR count). The maximum absolute atomic E-state index is 11.4. The summed E-state index contributed by atoms with van der Waals surface area (Å²) in [5.74, 6) is 1.58. The SMILES string of the molecule is C=CC(=O)NC1CC(Oc2cc3c(Nc4ccc(Cl)c(Cl)c4)ncnc3cc2OC)C1. The molecule has 160 valence electrons. The van der Waals surface area contributed by atoms with E-state index in [0.29, 0.717) is 45.7 Å². The molecular formula is C22H20Cl2N4O3. The summed E-state index contributed by atoms with van der Waals surface area (Å²) in [6.07, 6.45) is 4.13. The van der Waals surface area contributed by atoms with Crippen molar-refractivity contribution in [3.8, 4) is 11.5 Å². The molecule has 1 fully saturated rings. The summed E-state index contributed by atoms with van der Waals surface area (Å²) >= 11 is 12.1. The lowest BCUT2D eigenvalue weighted by molar-refractivity contribution is -0.118. The van der Waals surface area contributed by atoms with Gasteiger partial charge in [0.05, 0.1) is 22.7 Å². The van der Waals surface area contributed by atoms with Gasteiger partial charge in [-0.15, -0.1) is 0 Å². The highest BCUT2D eigenvalue weighted by Gasteiger charge is 2.32. The minimum absolute atomic E-state index is 0.0300. The summed E-state index contributed by atoms with van der Waals surface area (Å²) in [6, 6.07) is 8.99. The third kappa shape index (κ3) is 4.68. The number of hydrogen-bond acceptors (Lipinski definition) is 6. The predicted molar refractivity (Wildman–Crippen MR) is 122 cm³/mol. The molecule has 1 aliphatic rings. The maximum atomic E-state index is 11.4. The molecule has 0 unspecified atom stereocenters. The van der Waals surface area contributed by atoms with Crippen molar-refractivity contribution < 1.29 is 14.3 Å². The average molecular weight is 459 g/mol. The fraction of sp³-hybridized carbons (Fsp3) is 0.227. The van der Waals surface area contributed by atoms with Crippen molar-refractivity contribution in [2.75, 3.05) is 12.4 Å². The van der Waals surface area contributed by atoms with E-state index in [2.05, 4.69) is 27.2 Å². The van der Waals surface area contributed by atoms with Gasteiger partial charge < -0.3 is 20.1 Å². The predicted octanol–water partition coefficient (Wildman–Crippen LogP) is 4.90. The molecule has 0 spiro atoms. The normalized spacial score (nSPS) is 17.5. The Hall–Kier alpha value is -3.03. The van der Waals surface area contributed by atoms with E-state index in [0.717, 1.165) is 11.1 Å². The lowest BCUT2D eigenvalue weighted by Gasteiger charge is -2.35. The number of nitrogens with zero attached hydrogens (tertiary/aromatic N) is 2. The second-order valence-corrected chi connectivity index (χ2v) is 7.93. The Morgan fingerprint density at radius 3 is 2.68 bits per heavy atom. The van der Waals surface area contributed by atoms with Crippen LogP contribution in [0.3, 0.4) is 0 Å². The number of methoxy groups -OCH3 is 1. The van der Waals surface area contributed by atoms with E-state index in [-0.39, 0.29) is 18.1 Å². The number of hydrogen-bond donors (Lipinski definition) is 2. The number of fused-ring (bicyclic) bond motifs is 1. The van der Waals surface area contributed by atoms with E-state index in [1.54, 1.807) is 19.2 Å². The van der Waals surface area contributed by atoms with Crippen molar-refractivity contribution in [3.63, 3.8) is 0 Å². The number of nitrogens with one attached hydrogen (secondary N) is 2. The third-order valence-corrected chi connectivity index (χ3v) is 5.76. The minimum Gasteiger partial charge on any atom is -0.493 e. The molecule has 1 amide bonds. The number of ether oxygens (including phenoxy) is 2. The fourth-order valence-corrected chi connectivity index (χ4v) is 3.64. The smallest absolute Gasteiger partial charge is 0.243 e. The summed E-state index contributed by atoms with van der Waals surface area (Å²) in [6.45, 7) is 3.47. The Bertz CT molecular complexity index is 1150. The van der Waals surface area contributed by atoms with Gasteiger partial charge >= 0.3 is 0 Å². The average Bonchev–Trinajstić information content (AvgIpc) is 2.74. The minimum atomic E-state index is -0.179. The quantitative estimate of drug-likeness (QED) is 0.489. The molecule has 0 atom stereocenters. The molecule has 2 aromatic carbocycles. The summed E-state index contributed by atoms with van der Waals surface area (Å²) in [4.78, 5) is 20.1. The molecule has 0 bridgehead atoms. The summed E-state index contributed by atoms with van der Waals surface area (Å²) in [7, 11) is 1.58. The van der Waals surface area contributed by atoms with Gasteiger partial charge in [0.2, 0.25) is 5.91 Å². The first-order chi connectivity index (χ1) is 15.0. The van der Waals surface area contributed by atoms with Crippen molar-refractivity contribution in [2.24, 2.45) is 0 Å². The van der Waals surface area contributed by atoms with Crippen molar-refractivity contribution >= 4 is 51.5 Å². The van der Waals surface area contributed by atoms with Gasteiger partial charge in [-0.3, -0.25) is 4.79 Å². The van der Waals surface area contributed by atoms with Crippen LogP contribution in [0, 0.1) is 0 Å². The largest absolute Gasteiger partial charge is 0.493 e. The lowest BCUT2D eigenvalue weighted by Crippen LogP contribution is -2.48. The van der Waals surface area contributed by atoms with Crippen molar-refractivity contribution in [2.45, 2.75) is 25.0 Å². The zero-order valence-electron chi connectivity index (χ0n) is 16.7. The highest BCUT2D eigenvalue weighted by atomic mass is 35.5. The van der Waals surface area contributed by atoms with E-state index < -0.39 is 0 Å².